The molecule has 0 aliphatic carbocycles. The quantitative estimate of drug-likeness (QED) is 0.691. The maximum absolute atomic E-state index is 11.6. The molecule has 0 spiro atoms. The van der Waals surface area contributed by atoms with E-state index in [-0.39, 0.29) is 5.43 Å². The molecule has 1 heterocycles. The highest BCUT2D eigenvalue weighted by Gasteiger charge is 2.07. The highest BCUT2D eigenvalue weighted by atomic mass is 16.5. The highest BCUT2D eigenvalue weighted by molar-refractivity contribution is 5.83. The van der Waals surface area contributed by atoms with Crippen molar-refractivity contribution in [2.45, 2.75) is 6.92 Å². The smallest absolute Gasteiger partial charge is 0.196 e. The Hall–Kier alpha value is -1.77. The van der Waals surface area contributed by atoms with Gasteiger partial charge in [0.05, 0.1) is 7.11 Å². The van der Waals surface area contributed by atoms with Crippen LogP contribution in [0, 0.1) is 6.92 Å². The van der Waals surface area contributed by atoms with Crippen LogP contribution in [0.3, 0.4) is 0 Å². The van der Waals surface area contributed by atoms with Crippen LogP contribution in [0.15, 0.2) is 33.5 Å². The van der Waals surface area contributed by atoms with Gasteiger partial charge in [-0.2, -0.15) is 0 Å². The summed E-state index contributed by atoms with van der Waals surface area (Å²) in [5.41, 5.74) is 0.496. The van der Waals surface area contributed by atoms with E-state index >= 15 is 0 Å². The number of rotatable bonds is 1. The molecule has 0 saturated carbocycles. The van der Waals surface area contributed by atoms with Gasteiger partial charge < -0.3 is 9.15 Å². The molecule has 0 fully saturated rings. The van der Waals surface area contributed by atoms with Crippen molar-refractivity contribution in [1.82, 2.24) is 0 Å². The molecule has 0 saturated heterocycles. The summed E-state index contributed by atoms with van der Waals surface area (Å²) in [6, 6.07) is 6.76. The monoisotopic (exact) mass is 190 g/mol. The van der Waals surface area contributed by atoms with E-state index in [4.69, 9.17) is 9.15 Å². The minimum absolute atomic E-state index is 0.0683. The molecule has 3 nitrogen and oxygen atoms in total. The van der Waals surface area contributed by atoms with E-state index in [2.05, 4.69) is 0 Å². The zero-order valence-corrected chi connectivity index (χ0v) is 8.03. The Morgan fingerprint density at radius 1 is 1.36 bits per heavy atom. The van der Waals surface area contributed by atoms with Crippen molar-refractivity contribution in [2.24, 2.45) is 0 Å². The molecule has 72 valence electrons. The van der Waals surface area contributed by atoms with Gasteiger partial charge in [-0.1, -0.05) is 6.07 Å². The maximum Gasteiger partial charge on any atom is 0.196 e. The van der Waals surface area contributed by atoms with Crippen LogP contribution in [-0.4, -0.2) is 7.11 Å². The molecule has 3 heteroatoms. The second-order valence-corrected chi connectivity index (χ2v) is 3.05. The SMILES string of the molecule is COc1cccc2oc(C)cc(=O)c12. The average molecular weight is 190 g/mol. The van der Waals surface area contributed by atoms with Gasteiger partial charge in [-0.15, -0.1) is 0 Å². The fourth-order valence-corrected chi connectivity index (χ4v) is 1.47. The first-order chi connectivity index (χ1) is 6.72. The van der Waals surface area contributed by atoms with Gasteiger partial charge in [0.25, 0.3) is 0 Å². The number of benzene rings is 1. The van der Waals surface area contributed by atoms with Gasteiger partial charge >= 0.3 is 0 Å². The standard InChI is InChI=1S/C11H10O3/c1-7-6-8(12)11-9(13-2)4-3-5-10(11)14-7/h3-6H,1-2H3. The highest BCUT2D eigenvalue weighted by Crippen LogP contribution is 2.22. The Bertz CT molecular complexity index is 526. The Morgan fingerprint density at radius 2 is 2.14 bits per heavy atom. The molecular formula is C11H10O3. The van der Waals surface area contributed by atoms with Crippen molar-refractivity contribution >= 4 is 11.0 Å². The first-order valence-electron chi connectivity index (χ1n) is 4.30. The third-order valence-corrected chi connectivity index (χ3v) is 2.06. The Morgan fingerprint density at radius 3 is 2.86 bits per heavy atom. The van der Waals surface area contributed by atoms with Crippen LogP contribution in [0.4, 0.5) is 0 Å². The van der Waals surface area contributed by atoms with Gasteiger partial charge in [0.15, 0.2) is 5.43 Å². The van der Waals surface area contributed by atoms with Crippen LogP contribution < -0.4 is 10.2 Å². The molecular weight excluding hydrogens is 180 g/mol. The van der Waals surface area contributed by atoms with E-state index in [0.717, 1.165) is 0 Å². The van der Waals surface area contributed by atoms with E-state index in [1.54, 1.807) is 25.1 Å². The van der Waals surface area contributed by atoms with Gasteiger partial charge in [0, 0.05) is 6.07 Å². The van der Waals surface area contributed by atoms with E-state index in [9.17, 15) is 4.79 Å². The summed E-state index contributed by atoms with van der Waals surface area (Å²) in [7, 11) is 1.54. The molecule has 2 aromatic rings. The van der Waals surface area contributed by atoms with Crippen molar-refractivity contribution in [3.63, 3.8) is 0 Å². The van der Waals surface area contributed by atoms with Gasteiger partial charge in [-0.25, -0.2) is 0 Å². The van der Waals surface area contributed by atoms with Crippen LogP contribution in [0.25, 0.3) is 11.0 Å². The molecule has 0 amide bonds. The van der Waals surface area contributed by atoms with Crippen LogP contribution in [0.2, 0.25) is 0 Å². The summed E-state index contributed by atoms with van der Waals surface area (Å²) < 4.78 is 10.5. The fourth-order valence-electron chi connectivity index (χ4n) is 1.47. The van der Waals surface area contributed by atoms with Crippen LogP contribution >= 0.6 is 0 Å². The lowest BCUT2D eigenvalue weighted by molar-refractivity contribution is 0.418. The molecule has 14 heavy (non-hydrogen) atoms. The average Bonchev–Trinajstić information content (AvgIpc) is 2.16. The third kappa shape index (κ3) is 1.27. The minimum atomic E-state index is -0.0683. The topological polar surface area (TPSA) is 39.4 Å². The zero-order valence-electron chi connectivity index (χ0n) is 8.03. The first kappa shape index (κ1) is 8.81. The number of hydrogen-bond acceptors (Lipinski definition) is 3. The van der Waals surface area contributed by atoms with Crippen molar-refractivity contribution < 1.29 is 9.15 Å². The largest absolute Gasteiger partial charge is 0.496 e. The Balaban J connectivity index is 2.94. The Kier molecular flexibility index (Phi) is 2.00. The lowest BCUT2D eigenvalue weighted by atomic mass is 10.2. The van der Waals surface area contributed by atoms with E-state index in [1.165, 1.54) is 13.2 Å². The van der Waals surface area contributed by atoms with Crippen LogP contribution in [0.1, 0.15) is 5.76 Å². The minimum Gasteiger partial charge on any atom is -0.496 e. The van der Waals surface area contributed by atoms with E-state index in [0.29, 0.717) is 22.5 Å². The van der Waals surface area contributed by atoms with E-state index < -0.39 is 0 Å². The second kappa shape index (κ2) is 3.18. The molecule has 1 aromatic heterocycles. The summed E-state index contributed by atoms with van der Waals surface area (Å²) >= 11 is 0. The molecule has 0 radical (unpaired) electrons. The molecule has 0 bridgehead atoms. The summed E-state index contributed by atoms with van der Waals surface area (Å²) in [6.07, 6.45) is 0. The lowest BCUT2D eigenvalue weighted by Crippen LogP contribution is -2.02. The number of fused-ring (bicyclic) bond motifs is 1. The Labute approximate surface area is 80.9 Å². The molecule has 0 N–H and O–H groups in total. The van der Waals surface area contributed by atoms with Crippen LogP contribution in [0.5, 0.6) is 5.75 Å². The molecule has 0 aliphatic rings. The molecule has 1 aromatic carbocycles. The number of ether oxygens (including phenoxy) is 1. The fraction of sp³-hybridized carbons (Fsp3) is 0.182. The number of aryl methyl sites for hydroxylation is 1. The number of hydrogen-bond donors (Lipinski definition) is 0. The second-order valence-electron chi connectivity index (χ2n) is 3.05. The predicted octanol–water partition coefficient (Wildman–Crippen LogP) is 2.11. The number of methoxy groups -OCH3 is 1. The van der Waals surface area contributed by atoms with Crippen molar-refractivity contribution in [3.8, 4) is 5.75 Å². The molecule has 0 atom stereocenters. The summed E-state index contributed by atoms with van der Waals surface area (Å²) in [5, 5.41) is 0.501. The lowest BCUT2D eigenvalue weighted by Gasteiger charge is -2.03. The molecule has 0 aliphatic heterocycles. The van der Waals surface area contributed by atoms with Crippen molar-refractivity contribution in [2.75, 3.05) is 7.11 Å². The zero-order chi connectivity index (χ0) is 10.1. The summed E-state index contributed by atoms with van der Waals surface area (Å²) in [4.78, 5) is 11.6. The van der Waals surface area contributed by atoms with Gasteiger partial charge in [0.1, 0.15) is 22.5 Å². The van der Waals surface area contributed by atoms with Crippen molar-refractivity contribution in [1.29, 1.82) is 0 Å². The summed E-state index contributed by atoms with van der Waals surface area (Å²) in [5.74, 6) is 1.16. The molecule has 0 unspecified atom stereocenters. The molecule has 2 rings (SSSR count). The van der Waals surface area contributed by atoms with E-state index in [1.807, 2.05) is 0 Å². The third-order valence-electron chi connectivity index (χ3n) is 2.06. The van der Waals surface area contributed by atoms with Gasteiger partial charge in [-0.3, -0.25) is 4.79 Å². The van der Waals surface area contributed by atoms with Crippen LogP contribution in [-0.2, 0) is 0 Å². The normalized spacial score (nSPS) is 10.4. The predicted molar refractivity (Wildman–Crippen MR) is 53.8 cm³/mol. The summed E-state index contributed by atoms with van der Waals surface area (Å²) in [6.45, 7) is 1.75. The maximum atomic E-state index is 11.6. The van der Waals surface area contributed by atoms with Gasteiger partial charge in [-0.05, 0) is 19.1 Å². The first-order valence-corrected chi connectivity index (χ1v) is 4.30. The van der Waals surface area contributed by atoms with Gasteiger partial charge in [0.2, 0.25) is 0 Å². The van der Waals surface area contributed by atoms with Crippen molar-refractivity contribution in [3.05, 3.63) is 40.2 Å².